The number of aromatic nitrogens is 3. The molecule has 0 N–H and O–H groups in total. The van der Waals surface area contributed by atoms with Crippen molar-refractivity contribution in [1.82, 2.24) is 9.25 Å². The molecule has 6 nitrogen and oxygen atoms in total. The second-order valence-corrected chi connectivity index (χ2v) is 5.56. The van der Waals surface area contributed by atoms with Gasteiger partial charge >= 0.3 is 5.69 Å². The Balaban J connectivity index is 1.80. The van der Waals surface area contributed by atoms with Gasteiger partial charge in [-0.15, -0.1) is 9.25 Å². The van der Waals surface area contributed by atoms with E-state index in [0.29, 0.717) is 15.6 Å². The zero-order chi connectivity index (χ0) is 17.3. The van der Waals surface area contributed by atoms with Crippen molar-refractivity contribution in [1.29, 1.82) is 0 Å². The normalized spacial score (nSPS) is 10.8. The van der Waals surface area contributed by atoms with Crippen molar-refractivity contribution in [2.24, 2.45) is 7.05 Å². The maximum absolute atomic E-state index is 14.3. The second kappa shape index (κ2) is 6.37. The van der Waals surface area contributed by atoms with Crippen molar-refractivity contribution >= 4 is 11.6 Å². The van der Waals surface area contributed by atoms with Crippen LogP contribution >= 0.6 is 11.6 Å². The number of ether oxygens (including phenoxy) is 1. The average molecular weight is 350 g/mol. The zero-order valence-electron chi connectivity index (χ0n) is 12.6. The van der Waals surface area contributed by atoms with E-state index in [2.05, 4.69) is 0 Å². The molecule has 3 aromatic rings. The molecule has 0 saturated carbocycles. The Morgan fingerprint density at radius 2 is 1.96 bits per heavy atom. The first-order valence-corrected chi connectivity index (χ1v) is 7.38. The predicted molar refractivity (Wildman–Crippen MR) is 85.7 cm³/mol. The summed E-state index contributed by atoms with van der Waals surface area (Å²) in [6, 6.07) is 11.2. The van der Waals surface area contributed by atoms with Gasteiger partial charge in [0.15, 0.2) is 11.5 Å². The van der Waals surface area contributed by atoms with Gasteiger partial charge in [0, 0.05) is 11.1 Å². The highest BCUT2D eigenvalue weighted by molar-refractivity contribution is 6.30. The van der Waals surface area contributed by atoms with Crippen LogP contribution in [-0.4, -0.2) is 9.25 Å². The number of rotatable bonds is 4. The maximum atomic E-state index is 14.3. The second-order valence-electron chi connectivity index (χ2n) is 5.12. The molecule has 124 valence electrons. The Hall–Kier alpha value is -2.80. The number of halogens is 2. The topological polar surface area (TPSA) is 63.1 Å². The van der Waals surface area contributed by atoms with Crippen molar-refractivity contribution in [3.63, 3.8) is 0 Å². The molecule has 0 bridgehead atoms. The van der Waals surface area contributed by atoms with Crippen molar-refractivity contribution in [2.45, 2.75) is 6.61 Å². The minimum Gasteiger partial charge on any atom is -0.692 e. The third kappa shape index (κ3) is 3.11. The van der Waals surface area contributed by atoms with Gasteiger partial charge in [0.2, 0.25) is 0 Å². The van der Waals surface area contributed by atoms with Gasteiger partial charge in [0.1, 0.15) is 12.4 Å². The average Bonchev–Trinajstić information content (AvgIpc) is 2.82. The molecule has 0 radical (unpaired) electrons. The molecule has 0 atom stereocenters. The standard InChI is InChI=1S/C16H13ClFN3O3/c1-19-16(22)20(10-21(19)23)15-7-6-13(8-14(15)18)24-9-11-2-4-12(17)5-3-11/h2-8,10H,9H2,1H3. The van der Waals surface area contributed by atoms with Crippen LogP contribution in [0.25, 0.3) is 5.69 Å². The van der Waals surface area contributed by atoms with Gasteiger partial charge in [-0.3, -0.25) is 0 Å². The lowest BCUT2D eigenvalue weighted by molar-refractivity contribution is -0.694. The van der Waals surface area contributed by atoms with Gasteiger partial charge in [0.05, 0.1) is 7.05 Å². The van der Waals surface area contributed by atoms with Crippen LogP contribution in [0, 0.1) is 11.0 Å². The molecule has 0 aliphatic rings. The summed E-state index contributed by atoms with van der Waals surface area (Å²) in [5.41, 5.74) is 0.221. The molecule has 0 aliphatic carbocycles. The van der Waals surface area contributed by atoms with Crippen LogP contribution in [0.15, 0.2) is 53.6 Å². The van der Waals surface area contributed by atoms with Crippen molar-refractivity contribution in [2.75, 3.05) is 0 Å². The molecule has 1 heterocycles. The van der Waals surface area contributed by atoms with Gasteiger partial charge in [0.25, 0.3) is 6.33 Å². The van der Waals surface area contributed by atoms with Crippen molar-refractivity contribution < 1.29 is 14.0 Å². The van der Waals surface area contributed by atoms with E-state index in [0.717, 1.165) is 21.1 Å². The van der Waals surface area contributed by atoms with Crippen LogP contribution in [0.2, 0.25) is 5.02 Å². The molecule has 24 heavy (non-hydrogen) atoms. The number of hydrogen-bond donors (Lipinski definition) is 0. The highest BCUT2D eigenvalue weighted by Gasteiger charge is 2.18. The molecule has 1 aromatic heterocycles. The predicted octanol–water partition coefficient (Wildman–Crippen LogP) is 2.18. The fraction of sp³-hybridized carbons (Fsp3) is 0.125. The van der Waals surface area contributed by atoms with Gasteiger partial charge in [-0.2, -0.15) is 4.85 Å². The Labute approximate surface area is 141 Å². The van der Waals surface area contributed by atoms with Crippen LogP contribution in [-0.2, 0) is 13.7 Å². The SMILES string of the molecule is Cn1c(=O)n(-c2ccc(OCc3ccc(Cl)cc3)cc2F)c[n+]1[O-]. The lowest BCUT2D eigenvalue weighted by Gasteiger charge is -2.07. The summed E-state index contributed by atoms with van der Waals surface area (Å²) in [6.45, 7) is 0.252. The Kier molecular flexibility index (Phi) is 4.26. The Bertz CT molecular complexity index is 935. The van der Waals surface area contributed by atoms with Crippen molar-refractivity contribution in [3.8, 4) is 11.4 Å². The quantitative estimate of drug-likeness (QED) is 0.535. The Morgan fingerprint density at radius 3 is 2.54 bits per heavy atom. The van der Waals surface area contributed by atoms with E-state index in [1.807, 2.05) is 12.1 Å². The van der Waals surface area contributed by atoms with Gasteiger partial charge in [-0.05, 0) is 29.8 Å². The summed E-state index contributed by atoms with van der Waals surface area (Å²) in [5, 5.41) is 12.0. The largest absolute Gasteiger partial charge is 0.692 e. The third-order valence-corrected chi connectivity index (χ3v) is 3.74. The summed E-state index contributed by atoms with van der Waals surface area (Å²) >= 11 is 5.81. The van der Waals surface area contributed by atoms with Gasteiger partial charge in [-0.25, -0.2) is 9.18 Å². The van der Waals surface area contributed by atoms with E-state index in [9.17, 15) is 14.4 Å². The first-order chi connectivity index (χ1) is 11.5. The fourth-order valence-electron chi connectivity index (χ4n) is 2.15. The van der Waals surface area contributed by atoms with Crippen LogP contribution in [0.1, 0.15) is 5.56 Å². The molecule has 0 amide bonds. The lowest BCUT2D eigenvalue weighted by atomic mass is 10.2. The first kappa shape index (κ1) is 16.1. The minimum atomic E-state index is -0.670. The lowest BCUT2D eigenvalue weighted by Crippen LogP contribution is -2.39. The number of nitrogens with zero attached hydrogens (tertiary/aromatic N) is 3. The summed E-state index contributed by atoms with van der Waals surface area (Å²) < 4.78 is 21.5. The molecule has 3 rings (SSSR count). The Morgan fingerprint density at radius 1 is 1.25 bits per heavy atom. The maximum Gasteiger partial charge on any atom is 0.451 e. The number of benzene rings is 2. The van der Waals surface area contributed by atoms with Crippen LogP contribution < -0.4 is 15.3 Å². The molecular weight excluding hydrogens is 337 g/mol. The minimum absolute atomic E-state index is 0.0240. The molecule has 2 aromatic carbocycles. The van der Waals surface area contributed by atoms with Crippen molar-refractivity contribution in [3.05, 3.63) is 80.9 Å². The van der Waals surface area contributed by atoms with Gasteiger partial charge < -0.3 is 9.94 Å². The van der Waals surface area contributed by atoms with Crippen LogP contribution in [0.4, 0.5) is 4.39 Å². The monoisotopic (exact) mass is 349 g/mol. The molecule has 0 spiro atoms. The number of hydrogen-bond acceptors (Lipinski definition) is 3. The molecule has 0 saturated heterocycles. The van der Waals surface area contributed by atoms with Crippen LogP contribution in [0.3, 0.4) is 0 Å². The van der Waals surface area contributed by atoms with Crippen LogP contribution in [0.5, 0.6) is 5.75 Å². The fourth-order valence-corrected chi connectivity index (χ4v) is 2.28. The smallest absolute Gasteiger partial charge is 0.451 e. The molecule has 0 aliphatic heterocycles. The van der Waals surface area contributed by atoms with E-state index in [1.165, 1.54) is 25.2 Å². The van der Waals surface area contributed by atoms with E-state index >= 15 is 0 Å². The first-order valence-electron chi connectivity index (χ1n) is 7.00. The molecular formula is C16H13ClFN3O3. The molecule has 0 unspecified atom stereocenters. The molecule has 0 fully saturated rings. The van der Waals surface area contributed by atoms with E-state index in [-0.39, 0.29) is 12.3 Å². The van der Waals surface area contributed by atoms with E-state index in [1.54, 1.807) is 12.1 Å². The highest BCUT2D eigenvalue weighted by Crippen LogP contribution is 2.20. The van der Waals surface area contributed by atoms with Gasteiger partial charge in [-0.1, -0.05) is 23.7 Å². The van der Waals surface area contributed by atoms with E-state index in [4.69, 9.17) is 16.3 Å². The summed E-state index contributed by atoms with van der Waals surface area (Å²) in [4.78, 5) is 12.2. The molecule has 8 heteroatoms. The third-order valence-electron chi connectivity index (χ3n) is 3.49. The highest BCUT2D eigenvalue weighted by atomic mass is 35.5. The summed E-state index contributed by atoms with van der Waals surface area (Å²) in [7, 11) is 1.30. The summed E-state index contributed by atoms with van der Waals surface area (Å²) in [5.74, 6) is -0.359. The summed E-state index contributed by atoms with van der Waals surface area (Å²) in [6.07, 6.45) is 0.967. The zero-order valence-corrected chi connectivity index (χ0v) is 13.4. The van der Waals surface area contributed by atoms with E-state index < -0.39 is 11.5 Å².